The number of ether oxygens (including phenoxy) is 2. The summed E-state index contributed by atoms with van der Waals surface area (Å²) >= 11 is 0. The molecular formula is C14H15F2NO4. The van der Waals surface area contributed by atoms with Gasteiger partial charge in [-0.25, -0.2) is 18.4 Å². The summed E-state index contributed by atoms with van der Waals surface area (Å²) in [5.74, 6) is -3.92. The van der Waals surface area contributed by atoms with Crippen LogP contribution < -0.4 is 0 Å². The molecule has 0 spiro atoms. The number of alkyl halides is 2. The first-order valence-electron chi connectivity index (χ1n) is 6.38. The molecule has 114 valence electrons. The van der Waals surface area contributed by atoms with E-state index in [4.69, 9.17) is 4.74 Å². The molecule has 1 aliphatic rings. The Kier molecular flexibility index (Phi) is 4.40. The van der Waals surface area contributed by atoms with Gasteiger partial charge in [0, 0.05) is 6.42 Å². The first-order chi connectivity index (χ1) is 9.87. The predicted molar refractivity (Wildman–Crippen MR) is 68.5 cm³/mol. The molecule has 1 amide bonds. The second-order valence-corrected chi connectivity index (χ2v) is 4.89. The third kappa shape index (κ3) is 4.14. The van der Waals surface area contributed by atoms with Gasteiger partial charge in [-0.05, 0) is 12.5 Å². The molecule has 0 radical (unpaired) electrons. The molecule has 7 heteroatoms. The summed E-state index contributed by atoms with van der Waals surface area (Å²) in [6.45, 7) is 0.318. The van der Waals surface area contributed by atoms with E-state index in [9.17, 15) is 18.4 Å². The highest BCUT2D eigenvalue weighted by Gasteiger charge is 2.43. The van der Waals surface area contributed by atoms with Crippen LogP contribution in [-0.2, 0) is 20.9 Å². The van der Waals surface area contributed by atoms with Crippen LogP contribution in [0.5, 0.6) is 0 Å². The zero-order valence-corrected chi connectivity index (χ0v) is 11.4. The summed E-state index contributed by atoms with van der Waals surface area (Å²) < 4.78 is 35.8. The predicted octanol–water partition coefficient (Wildman–Crippen LogP) is 2.55. The van der Waals surface area contributed by atoms with Crippen molar-refractivity contribution in [2.24, 2.45) is 0 Å². The summed E-state index contributed by atoms with van der Waals surface area (Å²) in [4.78, 5) is 24.2. The third-order valence-electron chi connectivity index (χ3n) is 2.99. The number of rotatable bonds is 4. The van der Waals surface area contributed by atoms with E-state index in [0.717, 1.165) is 10.5 Å². The minimum absolute atomic E-state index is 0.000395. The Morgan fingerprint density at radius 1 is 1.43 bits per heavy atom. The quantitative estimate of drug-likeness (QED) is 0.802. The Bertz CT molecular complexity index is 515. The lowest BCUT2D eigenvalue weighted by Gasteiger charge is -2.22. The van der Waals surface area contributed by atoms with Gasteiger partial charge in [-0.1, -0.05) is 30.3 Å². The van der Waals surface area contributed by atoms with Gasteiger partial charge in [0.25, 0.3) is 0 Å². The molecule has 1 fully saturated rings. The fourth-order valence-corrected chi connectivity index (χ4v) is 1.96. The lowest BCUT2D eigenvalue weighted by molar-refractivity contribution is -0.140. The molecule has 5 nitrogen and oxygen atoms in total. The summed E-state index contributed by atoms with van der Waals surface area (Å²) in [5.41, 5.74) is 0.759. The zero-order chi connectivity index (χ0) is 15.5. The second kappa shape index (κ2) is 6.07. The van der Waals surface area contributed by atoms with Crippen LogP contribution in [0.2, 0.25) is 0 Å². The molecule has 1 heterocycles. The monoisotopic (exact) mass is 299 g/mol. The molecule has 1 aliphatic heterocycles. The number of hydrogen-bond donors (Lipinski definition) is 0. The largest absolute Gasteiger partial charge is 0.444 e. The maximum atomic E-state index is 13.0. The number of cyclic esters (lactones) is 1. The van der Waals surface area contributed by atoms with Crippen LogP contribution in [0.15, 0.2) is 30.3 Å². The highest BCUT2D eigenvalue weighted by molar-refractivity contribution is 5.83. The summed E-state index contributed by atoms with van der Waals surface area (Å²) in [6.07, 6.45) is -1.63. The number of amides is 1. The number of hydrogen-bond acceptors (Lipinski definition) is 4. The smallest absolute Gasteiger partial charge is 0.413 e. The van der Waals surface area contributed by atoms with Gasteiger partial charge < -0.3 is 9.47 Å². The SMILES string of the molecule is CC(F)(F)CC1C(=O)OCN1C(=O)OCc1ccccc1. The number of nitrogens with zero attached hydrogens (tertiary/aromatic N) is 1. The molecule has 0 saturated carbocycles. The minimum atomic E-state index is -3.08. The molecule has 1 atom stereocenters. The van der Waals surface area contributed by atoms with Gasteiger partial charge in [-0.15, -0.1) is 0 Å². The molecule has 0 aliphatic carbocycles. The van der Waals surface area contributed by atoms with Crippen LogP contribution in [0.1, 0.15) is 18.9 Å². The maximum absolute atomic E-state index is 13.0. The number of carbonyl (C=O) groups excluding carboxylic acids is 2. The van der Waals surface area contributed by atoms with Crippen molar-refractivity contribution in [1.82, 2.24) is 4.90 Å². The standard InChI is InChI=1S/C14H15F2NO4/c1-14(15,16)7-11-12(18)21-9-17(11)13(19)20-8-10-5-3-2-4-6-10/h2-6,11H,7-9H2,1H3. The van der Waals surface area contributed by atoms with E-state index in [1.54, 1.807) is 24.3 Å². The van der Waals surface area contributed by atoms with E-state index in [-0.39, 0.29) is 13.3 Å². The van der Waals surface area contributed by atoms with Gasteiger partial charge >= 0.3 is 12.1 Å². The van der Waals surface area contributed by atoms with Crippen LogP contribution in [0.3, 0.4) is 0 Å². The Hall–Kier alpha value is -2.18. The van der Waals surface area contributed by atoms with E-state index < -0.39 is 30.4 Å². The molecule has 2 rings (SSSR count). The van der Waals surface area contributed by atoms with E-state index in [1.165, 1.54) is 0 Å². The van der Waals surface area contributed by atoms with Crippen molar-refractivity contribution in [3.8, 4) is 0 Å². The molecule has 0 aromatic heterocycles. The lowest BCUT2D eigenvalue weighted by Crippen LogP contribution is -2.41. The average molecular weight is 299 g/mol. The minimum Gasteiger partial charge on any atom is -0.444 e. The maximum Gasteiger partial charge on any atom is 0.413 e. The van der Waals surface area contributed by atoms with Crippen molar-refractivity contribution >= 4 is 12.1 Å². The van der Waals surface area contributed by atoms with Crippen LogP contribution in [0.25, 0.3) is 0 Å². The van der Waals surface area contributed by atoms with Crippen molar-refractivity contribution < 1.29 is 27.8 Å². The molecule has 21 heavy (non-hydrogen) atoms. The van der Waals surface area contributed by atoms with Crippen molar-refractivity contribution in [3.05, 3.63) is 35.9 Å². The molecule has 1 saturated heterocycles. The van der Waals surface area contributed by atoms with Crippen molar-refractivity contribution in [3.63, 3.8) is 0 Å². The van der Waals surface area contributed by atoms with E-state index in [1.807, 2.05) is 6.07 Å². The van der Waals surface area contributed by atoms with Crippen LogP contribution in [-0.4, -0.2) is 35.7 Å². The van der Waals surface area contributed by atoms with Crippen molar-refractivity contribution in [1.29, 1.82) is 0 Å². The fourth-order valence-electron chi connectivity index (χ4n) is 1.96. The highest BCUT2D eigenvalue weighted by Crippen LogP contribution is 2.26. The van der Waals surface area contributed by atoms with Gasteiger partial charge in [0.05, 0.1) is 0 Å². The first-order valence-corrected chi connectivity index (χ1v) is 6.38. The topological polar surface area (TPSA) is 55.8 Å². The Morgan fingerprint density at radius 2 is 2.10 bits per heavy atom. The molecule has 1 aromatic rings. The van der Waals surface area contributed by atoms with Gasteiger partial charge in [0.2, 0.25) is 5.92 Å². The molecular weight excluding hydrogens is 284 g/mol. The van der Waals surface area contributed by atoms with Crippen LogP contribution >= 0.6 is 0 Å². The van der Waals surface area contributed by atoms with Gasteiger partial charge in [0.15, 0.2) is 6.73 Å². The van der Waals surface area contributed by atoms with Crippen LogP contribution in [0, 0.1) is 0 Å². The van der Waals surface area contributed by atoms with Crippen molar-refractivity contribution in [2.45, 2.75) is 31.9 Å². The fraction of sp³-hybridized carbons (Fsp3) is 0.429. The first kappa shape index (κ1) is 15.2. The number of benzene rings is 1. The third-order valence-corrected chi connectivity index (χ3v) is 2.99. The Balaban J connectivity index is 1.96. The van der Waals surface area contributed by atoms with E-state index >= 15 is 0 Å². The van der Waals surface area contributed by atoms with Gasteiger partial charge in [0.1, 0.15) is 12.6 Å². The zero-order valence-electron chi connectivity index (χ0n) is 11.4. The molecule has 0 bridgehead atoms. The van der Waals surface area contributed by atoms with E-state index in [2.05, 4.69) is 4.74 Å². The van der Waals surface area contributed by atoms with Crippen LogP contribution in [0.4, 0.5) is 13.6 Å². The Morgan fingerprint density at radius 3 is 2.71 bits per heavy atom. The van der Waals surface area contributed by atoms with Gasteiger partial charge in [-0.2, -0.15) is 0 Å². The second-order valence-electron chi connectivity index (χ2n) is 4.89. The molecule has 1 unspecified atom stereocenters. The number of halogens is 2. The number of esters is 1. The normalized spacial score (nSPS) is 18.5. The van der Waals surface area contributed by atoms with Crippen molar-refractivity contribution in [2.75, 3.05) is 6.73 Å². The highest BCUT2D eigenvalue weighted by atomic mass is 19.3. The summed E-state index contributed by atoms with van der Waals surface area (Å²) in [7, 11) is 0. The van der Waals surface area contributed by atoms with Gasteiger partial charge in [-0.3, -0.25) is 4.90 Å². The molecule has 0 N–H and O–H groups in total. The molecule has 1 aromatic carbocycles. The van der Waals surface area contributed by atoms with E-state index in [0.29, 0.717) is 6.92 Å². The lowest BCUT2D eigenvalue weighted by atomic mass is 10.1. The number of carbonyl (C=O) groups is 2. The summed E-state index contributed by atoms with van der Waals surface area (Å²) in [5, 5.41) is 0. The Labute approximate surface area is 120 Å². The average Bonchev–Trinajstić information content (AvgIpc) is 2.77. The summed E-state index contributed by atoms with van der Waals surface area (Å²) in [6, 6.07) is 7.59.